The van der Waals surface area contributed by atoms with E-state index < -0.39 is 0 Å². The molecule has 0 aliphatic carbocycles. The molecule has 0 saturated carbocycles. The zero-order valence-electron chi connectivity index (χ0n) is 19.5. The van der Waals surface area contributed by atoms with Crippen LogP contribution in [0.4, 0.5) is 3.89 Å². The minimum absolute atomic E-state index is 0.369. The molecule has 0 amide bonds. The van der Waals surface area contributed by atoms with Gasteiger partial charge in [-0.3, -0.25) is 4.90 Å². The summed E-state index contributed by atoms with van der Waals surface area (Å²) in [6, 6.07) is 5.41. The number of piperidine rings is 1. The van der Waals surface area contributed by atoms with Gasteiger partial charge in [-0.2, -0.15) is 15.6 Å². The maximum absolute atomic E-state index is 12.0. The van der Waals surface area contributed by atoms with Crippen LogP contribution in [0.3, 0.4) is 0 Å². The molecule has 2 aliphatic heterocycles. The molecule has 6 heteroatoms. The zero-order valence-corrected chi connectivity index (χ0v) is 22.0. The predicted molar refractivity (Wildman–Crippen MR) is 139 cm³/mol. The fourth-order valence-electron chi connectivity index (χ4n) is 5.22. The normalized spacial score (nSPS) is 23.5. The van der Waals surface area contributed by atoms with Gasteiger partial charge in [0, 0.05) is 49.0 Å². The summed E-state index contributed by atoms with van der Waals surface area (Å²) in [5, 5.41) is 0. The van der Waals surface area contributed by atoms with E-state index in [0.29, 0.717) is 36.0 Å². The second kappa shape index (κ2) is 13.7. The highest BCUT2D eigenvalue weighted by Crippen LogP contribution is 2.42. The number of aryl methyl sites for hydroxylation is 2. The highest BCUT2D eigenvalue weighted by molar-refractivity contribution is 8.01. The number of benzene rings is 1. The molecule has 2 heterocycles. The molecule has 0 N–H and O–H groups in total. The summed E-state index contributed by atoms with van der Waals surface area (Å²) in [4.78, 5) is 2.74. The molecule has 31 heavy (non-hydrogen) atoms. The third kappa shape index (κ3) is 7.56. The minimum Gasteiger partial charge on any atom is -0.312 e. The molecule has 1 fully saturated rings. The number of halogens is 1. The van der Waals surface area contributed by atoms with Crippen LogP contribution in [0.5, 0.6) is 0 Å². The average molecular weight is 486 g/mol. The van der Waals surface area contributed by atoms with Crippen LogP contribution in [0.15, 0.2) is 12.1 Å². The van der Waals surface area contributed by atoms with Crippen molar-refractivity contribution < 1.29 is 8.07 Å². The monoisotopic (exact) mass is 485 g/mol. The molecule has 0 unspecified atom stereocenters. The van der Waals surface area contributed by atoms with Crippen LogP contribution in [-0.4, -0.2) is 47.6 Å². The van der Waals surface area contributed by atoms with E-state index in [0.717, 1.165) is 12.2 Å². The fourth-order valence-corrected chi connectivity index (χ4v) is 7.04. The predicted octanol–water partition coefficient (Wildman–Crippen LogP) is 7.58. The Hall–Kier alpha value is 0.120. The number of fused-ring (bicyclic) bond motifs is 3. The van der Waals surface area contributed by atoms with Crippen LogP contribution in [0.1, 0.15) is 73.2 Å². The molecule has 2 aliphatic rings. The van der Waals surface area contributed by atoms with Crippen molar-refractivity contribution >= 4 is 36.0 Å². The van der Waals surface area contributed by atoms with Gasteiger partial charge in [-0.15, -0.1) is 0 Å². The van der Waals surface area contributed by atoms with E-state index in [4.69, 9.17) is 4.18 Å². The van der Waals surface area contributed by atoms with Gasteiger partial charge in [0.25, 0.3) is 0 Å². The van der Waals surface area contributed by atoms with Crippen LogP contribution in [-0.2, 0) is 10.6 Å². The van der Waals surface area contributed by atoms with Gasteiger partial charge in [0.15, 0.2) is 0 Å². The van der Waals surface area contributed by atoms with E-state index in [1.807, 2.05) is 11.8 Å². The molecule has 176 valence electrons. The van der Waals surface area contributed by atoms with Crippen molar-refractivity contribution in [2.75, 3.05) is 36.6 Å². The van der Waals surface area contributed by atoms with Crippen LogP contribution in [0.25, 0.3) is 0 Å². The fraction of sp³-hybridized carbons (Fsp3) is 0.760. The Balaban J connectivity index is 1.44. The maximum atomic E-state index is 12.0. The van der Waals surface area contributed by atoms with Crippen molar-refractivity contribution in [3.8, 4) is 0 Å². The van der Waals surface area contributed by atoms with Crippen LogP contribution >= 0.6 is 36.0 Å². The number of nitrogens with zero attached hydrogens (tertiary/aromatic N) is 1. The first kappa shape index (κ1) is 25.7. The SMILES string of the molecule is CSO[C@@H]1C[C@@H]2c3cc(C)c(C)cc3CCN2C[C@H]1CCCCCCCSCCSF. The molecule has 0 radical (unpaired) electrons. The first-order valence-electron chi connectivity index (χ1n) is 12.0. The van der Waals surface area contributed by atoms with Crippen molar-refractivity contribution in [3.05, 3.63) is 34.4 Å². The molecule has 3 rings (SSSR count). The van der Waals surface area contributed by atoms with Gasteiger partial charge in [-0.1, -0.05) is 37.8 Å². The first-order valence-corrected chi connectivity index (χ1v) is 15.2. The number of thioether (sulfide) groups is 1. The molecule has 1 aromatic rings. The van der Waals surface area contributed by atoms with E-state index >= 15 is 0 Å². The summed E-state index contributed by atoms with van der Waals surface area (Å²) >= 11 is 3.91. The Labute approximate surface area is 202 Å². The Kier molecular flexibility index (Phi) is 11.4. The number of rotatable bonds is 13. The lowest BCUT2D eigenvalue weighted by Gasteiger charge is -2.47. The molecule has 0 spiro atoms. The van der Waals surface area contributed by atoms with Gasteiger partial charge in [0.05, 0.1) is 6.10 Å². The highest BCUT2D eigenvalue weighted by Gasteiger charge is 2.39. The summed E-state index contributed by atoms with van der Waals surface area (Å²) in [5.41, 5.74) is 5.97. The van der Waals surface area contributed by atoms with Crippen molar-refractivity contribution in [2.45, 2.75) is 77.4 Å². The second-order valence-electron chi connectivity index (χ2n) is 9.18. The van der Waals surface area contributed by atoms with E-state index in [2.05, 4.69) is 37.1 Å². The van der Waals surface area contributed by atoms with E-state index in [-0.39, 0.29) is 0 Å². The largest absolute Gasteiger partial charge is 0.312 e. The maximum Gasteiger partial charge on any atom is 0.0780 e. The van der Waals surface area contributed by atoms with Gasteiger partial charge in [-0.25, -0.2) is 0 Å². The third-order valence-electron chi connectivity index (χ3n) is 7.06. The van der Waals surface area contributed by atoms with Crippen molar-refractivity contribution in [3.63, 3.8) is 0 Å². The Bertz CT molecular complexity index is 674. The van der Waals surface area contributed by atoms with Crippen molar-refractivity contribution in [2.24, 2.45) is 5.92 Å². The molecule has 1 saturated heterocycles. The number of hydrogen-bond acceptors (Lipinski definition) is 5. The van der Waals surface area contributed by atoms with Crippen LogP contribution < -0.4 is 0 Å². The second-order valence-corrected chi connectivity index (χ2v) is 11.6. The molecule has 0 bridgehead atoms. The topological polar surface area (TPSA) is 12.5 Å². The number of unbranched alkanes of at least 4 members (excludes halogenated alkanes) is 4. The molecule has 1 aromatic carbocycles. The highest BCUT2D eigenvalue weighted by atomic mass is 32.2. The molecule has 2 nitrogen and oxygen atoms in total. The van der Waals surface area contributed by atoms with E-state index in [1.54, 1.807) is 23.2 Å². The lowest BCUT2D eigenvalue weighted by Crippen LogP contribution is -2.48. The lowest BCUT2D eigenvalue weighted by molar-refractivity contribution is 0.00777. The zero-order chi connectivity index (χ0) is 22.1. The summed E-state index contributed by atoms with van der Waals surface area (Å²) in [7, 11) is 0. The van der Waals surface area contributed by atoms with Gasteiger partial charge < -0.3 is 4.18 Å². The van der Waals surface area contributed by atoms with Gasteiger partial charge in [0.2, 0.25) is 0 Å². The number of hydrogen-bond donors (Lipinski definition) is 0. The van der Waals surface area contributed by atoms with Crippen molar-refractivity contribution in [1.82, 2.24) is 4.90 Å². The minimum atomic E-state index is 0.369. The molecule has 0 aromatic heterocycles. The Morgan fingerprint density at radius 1 is 1.03 bits per heavy atom. The van der Waals surface area contributed by atoms with E-state index in [9.17, 15) is 3.89 Å². The van der Waals surface area contributed by atoms with Gasteiger partial charge in [-0.05, 0) is 85.5 Å². The van der Waals surface area contributed by atoms with Crippen LogP contribution in [0, 0.1) is 19.8 Å². The lowest BCUT2D eigenvalue weighted by atomic mass is 9.79. The Morgan fingerprint density at radius 3 is 2.61 bits per heavy atom. The standard InChI is InChI=1S/C25H40FNOS3/c1-19-15-21-10-11-27-18-22(9-7-5-4-6-8-12-30-13-14-31-26)25(28-29-3)17-24(27)23(21)16-20(19)2/h15-16,22,24-25H,4-14,17-18H2,1-3H3/t22-,24-,25-/m1/s1. The first-order chi connectivity index (χ1) is 15.1. The summed E-state index contributed by atoms with van der Waals surface area (Å²) in [5.74, 6) is 3.42. The molecular weight excluding hydrogens is 445 g/mol. The summed E-state index contributed by atoms with van der Waals surface area (Å²) in [6.07, 6.45) is 12.6. The molecule has 3 atom stereocenters. The Morgan fingerprint density at radius 2 is 1.81 bits per heavy atom. The van der Waals surface area contributed by atoms with Gasteiger partial charge >= 0.3 is 0 Å². The quantitative estimate of drug-likeness (QED) is 0.210. The smallest absolute Gasteiger partial charge is 0.0780 e. The summed E-state index contributed by atoms with van der Waals surface area (Å²) in [6.45, 7) is 6.87. The van der Waals surface area contributed by atoms with Gasteiger partial charge in [0.1, 0.15) is 0 Å². The molecular formula is C25H40FNOS3. The third-order valence-corrected chi connectivity index (χ3v) is 9.19. The average Bonchev–Trinajstić information content (AvgIpc) is 2.76. The van der Waals surface area contributed by atoms with E-state index in [1.165, 1.54) is 74.9 Å². The van der Waals surface area contributed by atoms with Crippen LogP contribution in [0.2, 0.25) is 0 Å². The van der Waals surface area contributed by atoms with Crippen molar-refractivity contribution in [1.29, 1.82) is 0 Å². The summed E-state index contributed by atoms with van der Waals surface area (Å²) < 4.78 is 18.2.